The molecule has 0 spiro atoms. The number of carbonyl (C=O) groups is 1. The van der Waals surface area contributed by atoms with E-state index in [1.165, 1.54) is 0 Å². The zero-order valence-electron chi connectivity index (χ0n) is 4.38. The number of rotatable bonds is 0. The van der Waals surface area contributed by atoms with Gasteiger partial charge in [0.15, 0.2) is 4.30 Å². The molecule has 0 aliphatic carbocycles. The molecule has 0 atom stereocenters. The Balaban J connectivity index is -0.0000000720. The summed E-state index contributed by atoms with van der Waals surface area (Å²) in [6, 6.07) is 0. The van der Waals surface area contributed by atoms with Crippen LogP contribution in [-0.4, -0.2) is 15.4 Å². The minimum absolute atomic E-state index is 0. The van der Waals surface area contributed by atoms with Crippen LogP contribution in [0, 0.1) is 0 Å². The number of carboxylic acid groups (broad SMARTS) is 1. The quantitative estimate of drug-likeness (QED) is 0.546. The molecule has 0 aliphatic heterocycles. The van der Waals surface area contributed by atoms with Crippen molar-refractivity contribution in [2.75, 3.05) is 0 Å². The number of aliphatic carboxylic acids is 1. The molecule has 0 aromatic carbocycles. The summed E-state index contributed by atoms with van der Waals surface area (Å²) in [5.41, 5.74) is 0. The number of hydrogen-bond acceptors (Lipinski definition) is 1. The topological polar surface area (TPSA) is 37.3 Å². The average molecular weight is 286 g/mol. The van der Waals surface area contributed by atoms with E-state index >= 15 is 0 Å². The van der Waals surface area contributed by atoms with Gasteiger partial charge in [-0.15, -0.1) is 0 Å². The van der Waals surface area contributed by atoms with E-state index in [2.05, 4.69) is 0 Å². The maximum absolute atomic E-state index is 9.00. The van der Waals surface area contributed by atoms with Crippen molar-refractivity contribution in [3.05, 3.63) is 0 Å². The molecule has 9 heavy (non-hydrogen) atoms. The van der Waals surface area contributed by atoms with Crippen molar-refractivity contribution in [2.45, 2.75) is 11.2 Å². The molecule has 6 heteroatoms. The fourth-order valence-corrected chi connectivity index (χ4v) is 0. The Morgan fingerprint density at radius 2 is 1.44 bits per heavy atom. The molecule has 0 heterocycles. The third-order valence-electron chi connectivity index (χ3n) is 0. The first kappa shape index (κ1) is 16.5. The normalized spacial score (nSPS) is 6.78. The zero-order valence-corrected chi connectivity index (χ0v) is 8.21. The van der Waals surface area contributed by atoms with E-state index in [4.69, 9.17) is 44.7 Å². The third kappa shape index (κ3) is 439. The molecule has 0 unspecified atom stereocenters. The standard InChI is InChI=1S/C2H4O2.CHCl3.Pd/c1-2(3)4;2-1(3)4;/h1H3,(H,3,4);1H;. The van der Waals surface area contributed by atoms with Crippen molar-refractivity contribution in [2.24, 2.45) is 0 Å². The molecule has 0 fully saturated rings. The molecule has 0 bridgehead atoms. The Kier molecular flexibility index (Phi) is 21.6. The molecule has 2 nitrogen and oxygen atoms in total. The van der Waals surface area contributed by atoms with E-state index < -0.39 is 10.3 Å². The molecule has 60 valence electrons. The summed E-state index contributed by atoms with van der Waals surface area (Å²) in [5, 5.41) is 7.42. The molecular formula is C3H5Cl3O2Pd. The van der Waals surface area contributed by atoms with Crippen molar-refractivity contribution in [1.29, 1.82) is 0 Å². The van der Waals surface area contributed by atoms with Crippen LogP contribution in [0.25, 0.3) is 0 Å². The SMILES string of the molecule is CC(=O)O.ClC(Cl)Cl.[Pd]. The van der Waals surface area contributed by atoms with Crippen LogP contribution in [0.2, 0.25) is 0 Å². The number of hydrogen-bond donors (Lipinski definition) is 1. The van der Waals surface area contributed by atoms with Crippen molar-refractivity contribution >= 4 is 40.8 Å². The van der Waals surface area contributed by atoms with Crippen molar-refractivity contribution in [3.63, 3.8) is 0 Å². The number of alkyl halides is 3. The van der Waals surface area contributed by atoms with Gasteiger partial charge < -0.3 is 5.11 Å². The molecular weight excluding hydrogens is 281 g/mol. The molecule has 0 amide bonds. The second kappa shape index (κ2) is 11.8. The first-order valence-corrected chi connectivity index (χ1v) is 2.89. The van der Waals surface area contributed by atoms with Gasteiger partial charge in [-0.05, 0) is 0 Å². The fourth-order valence-electron chi connectivity index (χ4n) is 0. The van der Waals surface area contributed by atoms with Gasteiger partial charge in [0.25, 0.3) is 5.97 Å². The van der Waals surface area contributed by atoms with Crippen molar-refractivity contribution in [1.82, 2.24) is 0 Å². The maximum Gasteiger partial charge on any atom is 0.300 e. The first-order valence-electron chi connectivity index (χ1n) is 1.58. The van der Waals surface area contributed by atoms with Gasteiger partial charge in [-0.2, -0.15) is 0 Å². The molecule has 0 aromatic rings. The van der Waals surface area contributed by atoms with E-state index in [-0.39, 0.29) is 20.4 Å². The van der Waals surface area contributed by atoms with E-state index in [0.29, 0.717) is 0 Å². The van der Waals surface area contributed by atoms with Gasteiger partial charge in [0.2, 0.25) is 0 Å². The van der Waals surface area contributed by atoms with E-state index in [0.717, 1.165) is 6.92 Å². The summed E-state index contributed by atoms with van der Waals surface area (Å²) >= 11 is 14.4. The maximum atomic E-state index is 9.00. The summed E-state index contributed by atoms with van der Waals surface area (Å²) in [7, 11) is 0. The van der Waals surface area contributed by atoms with Crippen LogP contribution in [0.5, 0.6) is 0 Å². The molecule has 0 rings (SSSR count). The van der Waals surface area contributed by atoms with Gasteiger partial charge in [0.05, 0.1) is 0 Å². The van der Waals surface area contributed by atoms with Gasteiger partial charge in [0, 0.05) is 27.3 Å². The van der Waals surface area contributed by atoms with Crippen LogP contribution in [0.3, 0.4) is 0 Å². The molecule has 1 N–H and O–H groups in total. The Bertz CT molecular complexity index is 61.3. The van der Waals surface area contributed by atoms with Crippen LogP contribution in [0.4, 0.5) is 0 Å². The molecule has 0 radical (unpaired) electrons. The van der Waals surface area contributed by atoms with Crippen molar-refractivity contribution in [3.8, 4) is 0 Å². The van der Waals surface area contributed by atoms with Crippen molar-refractivity contribution < 1.29 is 30.3 Å². The smallest absolute Gasteiger partial charge is 0.300 e. The molecule has 0 aliphatic rings. The predicted octanol–water partition coefficient (Wildman–Crippen LogP) is 2.07. The van der Waals surface area contributed by atoms with Crippen LogP contribution >= 0.6 is 34.8 Å². The van der Waals surface area contributed by atoms with E-state index in [1.807, 2.05) is 0 Å². The third-order valence-corrected chi connectivity index (χ3v) is 0. The largest absolute Gasteiger partial charge is 0.481 e. The van der Waals surface area contributed by atoms with Crippen LogP contribution in [-0.2, 0) is 25.2 Å². The van der Waals surface area contributed by atoms with Gasteiger partial charge >= 0.3 is 0 Å². The van der Waals surface area contributed by atoms with Crippen LogP contribution < -0.4 is 0 Å². The van der Waals surface area contributed by atoms with Crippen LogP contribution in [0.15, 0.2) is 0 Å². The molecule has 0 saturated heterocycles. The van der Waals surface area contributed by atoms with E-state index in [9.17, 15) is 0 Å². The summed E-state index contributed by atoms with van der Waals surface area (Å²) in [4.78, 5) is 9.00. The Hall–Kier alpha value is 1.00. The number of halogens is 3. The Labute approximate surface area is 82.1 Å². The minimum atomic E-state index is -0.833. The monoisotopic (exact) mass is 284 g/mol. The second-order valence-electron chi connectivity index (χ2n) is 0.766. The Morgan fingerprint density at radius 3 is 1.44 bits per heavy atom. The van der Waals surface area contributed by atoms with Gasteiger partial charge in [-0.3, -0.25) is 4.79 Å². The van der Waals surface area contributed by atoms with Gasteiger partial charge in [-0.25, -0.2) is 0 Å². The number of carboxylic acids is 1. The van der Waals surface area contributed by atoms with E-state index in [1.54, 1.807) is 0 Å². The fraction of sp³-hybridized carbons (Fsp3) is 0.667. The summed E-state index contributed by atoms with van der Waals surface area (Å²) < 4.78 is -0.750. The molecule has 0 saturated carbocycles. The minimum Gasteiger partial charge on any atom is -0.481 e. The predicted molar refractivity (Wildman–Crippen MR) is 34.7 cm³/mol. The molecule has 0 aromatic heterocycles. The summed E-state index contributed by atoms with van der Waals surface area (Å²) in [6.45, 7) is 1.08. The average Bonchev–Trinajstić information content (AvgIpc) is 1.25. The van der Waals surface area contributed by atoms with Gasteiger partial charge in [0.1, 0.15) is 0 Å². The van der Waals surface area contributed by atoms with Gasteiger partial charge in [-0.1, -0.05) is 34.8 Å². The zero-order chi connectivity index (χ0) is 7.15. The van der Waals surface area contributed by atoms with Crippen LogP contribution in [0.1, 0.15) is 6.92 Å². The summed E-state index contributed by atoms with van der Waals surface area (Å²) in [5.74, 6) is -0.833. The second-order valence-corrected chi connectivity index (χ2v) is 2.75. The summed E-state index contributed by atoms with van der Waals surface area (Å²) in [6.07, 6.45) is 0. The first-order chi connectivity index (χ1) is 3.46. The Morgan fingerprint density at radius 1 is 1.44 bits per heavy atom.